The largest absolute Gasteiger partial charge is 0.496 e. The first kappa shape index (κ1) is 19.0. The van der Waals surface area contributed by atoms with Crippen LogP contribution in [0.1, 0.15) is 28.7 Å². The van der Waals surface area contributed by atoms with E-state index in [4.69, 9.17) is 4.74 Å². The Balaban J connectivity index is 1.56. The van der Waals surface area contributed by atoms with Crippen LogP contribution < -0.4 is 15.4 Å². The standard InChI is InChI=1S/C22H26N2O3/c1-13-9-14(2)20(15(3)10-13)24-22(26)18-11-17(18)21(25)23-12-16-7-5-6-8-19(16)27-4/h5-10,17-18H,11-12H2,1-4H3,(H,23,25)(H,24,26). The van der Waals surface area contributed by atoms with E-state index in [1.165, 1.54) is 5.56 Å². The minimum Gasteiger partial charge on any atom is -0.496 e. The van der Waals surface area contributed by atoms with Gasteiger partial charge in [0.1, 0.15) is 5.75 Å². The maximum atomic E-state index is 12.5. The van der Waals surface area contributed by atoms with Crippen LogP contribution in [0.4, 0.5) is 5.69 Å². The molecule has 2 atom stereocenters. The molecule has 2 unspecified atom stereocenters. The van der Waals surface area contributed by atoms with Gasteiger partial charge < -0.3 is 15.4 Å². The molecule has 1 aliphatic carbocycles. The van der Waals surface area contributed by atoms with Crippen molar-refractivity contribution in [2.45, 2.75) is 33.7 Å². The minimum atomic E-state index is -0.261. The maximum Gasteiger partial charge on any atom is 0.228 e. The second kappa shape index (κ2) is 7.82. The predicted molar refractivity (Wildman–Crippen MR) is 106 cm³/mol. The van der Waals surface area contributed by atoms with Gasteiger partial charge >= 0.3 is 0 Å². The molecule has 1 fully saturated rings. The Morgan fingerprint density at radius 3 is 2.33 bits per heavy atom. The number of benzene rings is 2. The average molecular weight is 366 g/mol. The SMILES string of the molecule is COc1ccccc1CNC(=O)C1CC1C(=O)Nc1c(C)cc(C)cc1C. The Bertz CT molecular complexity index is 853. The van der Waals surface area contributed by atoms with Crippen molar-refractivity contribution in [3.8, 4) is 5.75 Å². The molecule has 2 aromatic rings. The lowest BCUT2D eigenvalue weighted by atomic mass is 10.0. The van der Waals surface area contributed by atoms with E-state index in [9.17, 15) is 9.59 Å². The number of rotatable bonds is 6. The van der Waals surface area contributed by atoms with E-state index in [-0.39, 0.29) is 23.7 Å². The number of anilines is 1. The van der Waals surface area contributed by atoms with Crippen molar-refractivity contribution in [3.63, 3.8) is 0 Å². The highest BCUT2D eigenvalue weighted by Crippen LogP contribution is 2.40. The summed E-state index contributed by atoms with van der Waals surface area (Å²) in [5.41, 5.74) is 5.02. The Hall–Kier alpha value is -2.82. The second-order valence-electron chi connectivity index (χ2n) is 7.24. The van der Waals surface area contributed by atoms with Crippen LogP contribution in [0.25, 0.3) is 0 Å². The van der Waals surface area contributed by atoms with Gasteiger partial charge in [-0.05, 0) is 44.4 Å². The third-order valence-corrected chi connectivity index (χ3v) is 5.03. The third-order valence-electron chi connectivity index (χ3n) is 5.03. The van der Waals surface area contributed by atoms with Gasteiger partial charge in [-0.2, -0.15) is 0 Å². The van der Waals surface area contributed by atoms with E-state index in [0.717, 1.165) is 28.1 Å². The molecule has 2 amide bonds. The van der Waals surface area contributed by atoms with Crippen molar-refractivity contribution in [2.75, 3.05) is 12.4 Å². The Kier molecular flexibility index (Phi) is 5.49. The van der Waals surface area contributed by atoms with Crippen LogP contribution in [-0.2, 0) is 16.1 Å². The zero-order valence-electron chi connectivity index (χ0n) is 16.3. The molecule has 0 aliphatic heterocycles. The molecule has 5 nitrogen and oxygen atoms in total. The number of amides is 2. The molecule has 0 bridgehead atoms. The third kappa shape index (κ3) is 4.30. The summed E-state index contributed by atoms with van der Waals surface area (Å²) in [7, 11) is 1.61. The van der Waals surface area contributed by atoms with Crippen LogP contribution in [-0.4, -0.2) is 18.9 Å². The van der Waals surface area contributed by atoms with Crippen molar-refractivity contribution >= 4 is 17.5 Å². The normalized spacial score (nSPS) is 17.9. The van der Waals surface area contributed by atoms with Gasteiger partial charge in [-0.3, -0.25) is 9.59 Å². The second-order valence-corrected chi connectivity index (χ2v) is 7.24. The summed E-state index contributed by atoms with van der Waals surface area (Å²) in [4.78, 5) is 24.9. The van der Waals surface area contributed by atoms with Crippen molar-refractivity contribution < 1.29 is 14.3 Å². The van der Waals surface area contributed by atoms with E-state index in [1.807, 2.05) is 57.2 Å². The van der Waals surface area contributed by atoms with E-state index in [1.54, 1.807) is 7.11 Å². The summed E-state index contributed by atoms with van der Waals surface area (Å²) >= 11 is 0. The molecule has 0 heterocycles. The number of ether oxygens (including phenoxy) is 1. The van der Waals surface area contributed by atoms with Gasteiger partial charge in [0.2, 0.25) is 11.8 Å². The van der Waals surface area contributed by atoms with E-state index in [0.29, 0.717) is 13.0 Å². The summed E-state index contributed by atoms with van der Waals surface area (Å²) < 4.78 is 5.29. The number of nitrogens with one attached hydrogen (secondary N) is 2. The van der Waals surface area contributed by atoms with Gasteiger partial charge in [-0.15, -0.1) is 0 Å². The Morgan fingerprint density at radius 1 is 1.04 bits per heavy atom. The summed E-state index contributed by atoms with van der Waals surface area (Å²) in [5, 5.41) is 5.92. The molecule has 3 rings (SSSR count). The molecule has 142 valence electrons. The van der Waals surface area contributed by atoms with Gasteiger partial charge in [0.25, 0.3) is 0 Å². The molecule has 1 aliphatic rings. The lowest BCUT2D eigenvalue weighted by Gasteiger charge is -2.13. The quantitative estimate of drug-likeness (QED) is 0.822. The number of hydrogen-bond acceptors (Lipinski definition) is 3. The fourth-order valence-corrected chi connectivity index (χ4v) is 3.53. The van der Waals surface area contributed by atoms with Crippen molar-refractivity contribution in [3.05, 3.63) is 58.7 Å². The number of carbonyl (C=O) groups excluding carboxylic acids is 2. The van der Waals surface area contributed by atoms with Crippen molar-refractivity contribution in [1.29, 1.82) is 0 Å². The monoisotopic (exact) mass is 366 g/mol. The zero-order chi connectivity index (χ0) is 19.6. The molecule has 0 radical (unpaired) electrons. The molecule has 2 N–H and O–H groups in total. The van der Waals surface area contributed by atoms with Crippen molar-refractivity contribution in [1.82, 2.24) is 5.32 Å². The van der Waals surface area contributed by atoms with Crippen LogP contribution >= 0.6 is 0 Å². The fourth-order valence-electron chi connectivity index (χ4n) is 3.53. The molecule has 27 heavy (non-hydrogen) atoms. The highest BCUT2D eigenvalue weighted by atomic mass is 16.5. The number of para-hydroxylation sites is 1. The number of carbonyl (C=O) groups is 2. The number of aryl methyl sites for hydroxylation is 3. The molecular formula is C22H26N2O3. The molecule has 0 saturated heterocycles. The summed E-state index contributed by atoms with van der Waals surface area (Å²) in [6.45, 7) is 6.40. The van der Waals surface area contributed by atoms with Gasteiger partial charge in [0, 0.05) is 17.8 Å². The zero-order valence-corrected chi connectivity index (χ0v) is 16.3. The van der Waals surface area contributed by atoms with E-state index in [2.05, 4.69) is 10.6 Å². The topological polar surface area (TPSA) is 67.4 Å². The van der Waals surface area contributed by atoms with Crippen LogP contribution in [0.5, 0.6) is 5.75 Å². The number of methoxy groups -OCH3 is 1. The van der Waals surface area contributed by atoms with Gasteiger partial charge in [-0.25, -0.2) is 0 Å². The van der Waals surface area contributed by atoms with Crippen LogP contribution in [0.15, 0.2) is 36.4 Å². The van der Waals surface area contributed by atoms with Crippen molar-refractivity contribution in [2.24, 2.45) is 11.8 Å². The van der Waals surface area contributed by atoms with Crippen LogP contribution in [0, 0.1) is 32.6 Å². The lowest BCUT2D eigenvalue weighted by Crippen LogP contribution is -2.27. The molecule has 0 spiro atoms. The smallest absolute Gasteiger partial charge is 0.228 e. The first-order chi connectivity index (χ1) is 12.9. The predicted octanol–water partition coefficient (Wildman–Crippen LogP) is 3.51. The summed E-state index contributed by atoms with van der Waals surface area (Å²) in [5.74, 6) is 0.0580. The van der Waals surface area contributed by atoms with Gasteiger partial charge in [-0.1, -0.05) is 35.9 Å². The highest BCUT2D eigenvalue weighted by Gasteiger charge is 2.48. The van der Waals surface area contributed by atoms with Crippen LogP contribution in [0.3, 0.4) is 0 Å². The molecule has 2 aromatic carbocycles. The molecule has 5 heteroatoms. The average Bonchev–Trinajstić information content (AvgIpc) is 3.43. The first-order valence-corrected chi connectivity index (χ1v) is 9.19. The summed E-state index contributed by atoms with van der Waals surface area (Å²) in [6, 6.07) is 11.7. The fraction of sp³-hybridized carbons (Fsp3) is 0.364. The lowest BCUT2D eigenvalue weighted by molar-refractivity contribution is -0.125. The van der Waals surface area contributed by atoms with E-state index < -0.39 is 0 Å². The van der Waals surface area contributed by atoms with Gasteiger partial charge in [0.05, 0.1) is 18.9 Å². The Labute approximate surface area is 160 Å². The maximum absolute atomic E-state index is 12.5. The molecule has 1 saturated carbocycles. The molecular weight excluding hydrogens is 340 g/mol. The first-order valence-electron chi connectivity index (χ1n) is 9.19. The van der Waals surface area contributed by atoms with E-state index >= 15 is 0 Å². The molecule has 0 aromatic heterocycles. The highest BCUT2D eigenvalue weighted by molar-refractivity contribution is 6.00. The minimum absolute atomic E-state index is 0.0810. The Morgan fingerprint density at radius 2 is 1.67 bits per heavy atom. The summed E-state index contributed by atoms with van der Waals surface area (Å²) in [6.07, 6.45) is 0.591. The van der Waals surface area contributed by atoms with Crippen LogP contribution in [0.2, 0.25) is 0 Å². The van der Waals surface area contributed by atoms with Gasteiger partial charge in [0.15, 0.2) is 0 Å². The number of hydrogen-bond donors (Lipinski definition) is 2.